The third-order valence-electron chi connectivity index (χ3n) is 4.88. The monoisotopic (exact) mass is 376 g/mol. The van der Waals surface area contributed by atoms with E-state index in [4.69, 9.17) is 10.6 Å². The van der Waals surface area contributed by atoms with Gasteiger partial charge < -0.3 is 5.41 Å². The second-order valence-corrected chi connectivity index (χ2v) is 6.66. The van der Waals surface area contributed by atoms with Gasteiger partial charge in [-0.05, 0) is 54.2 Å². The molecule has 3 N–H and O–H groups in total. The van der Waals surface area contributed by atoms with Gasteiger partial charge in [-0.25, -0.2) is 10.00 Å². The summed E-state index contributed by atoms with van der Waals surface area (Å²) in [5, 5.41) is 21.5. The van der Waals surface area contributed by atoms with Gasteiger partial charge in [0, 0.05) is 23.9 Å². The number of nitrogens with zero attached hydrogens (tertiary/aromatic N) is 2. The van der Waals surface area contributed by atoms with Gasteiger partial charge in [-0.1, -0.05) is 37.3 Å². The molecule has 0 unspecified atom stereocenters. The third kappa shape index (κ3) is 4.53. The Labute approximate surface area is 164 Å². The summed E-state index contributed by atoms with van der Waals surface area (Å²) in [5.41, 5.74) is 6.47. The van der Waals surface area contributed by atoms with E-state index >= 15 is 0 Å². The van der Waals surface area contributed by atoms with Crippen molar-refractivity contribution in [3.8, 4) is 0 Å². The highest BCUT2D eigenvalue weighted by Crippen LogP contribution is 2.24. The van der Waals surface area contributed by atoms with Crippen LogP contribution in [-0.2, 0) is 11.2 Å². The highest BCUT2D eigenvalue weighted by atomic mass is 16.5. The Balaban J connectivity index is 1.66. The quantitative estimate of drug-likeness (QED) is 0.240. The van der Waals surface area contributed by atoms with Crippen molar-refractivity contribution in [3.05, 3.63) is 77.6 Å². The predicted molar refractivity (Wildman–Crippen MR) is 110 cm³/mol. The number of fused-ring (bicyclic) bond motifs is 1. The van der Waals surface area contributed by atoms with Gasteiger partial charge in [0.2, 0.25) is 0 Å². The summed E-state index contributed by atoms with van der Waals surface area (Å²) in [4.78, 5) is 11.1. The molecule has 2 heterocycles. The number of carbonyl (C=O) groups excluding carboxylic acids is 1. The molecule has 0 spiro atoms. The fraction of sp³-hybridized carbons (Fsp3) is 0.227. The molecule has 0 fully saturated rings. The number of aromatic nitrogens is 2. The van der Waals surface area contributed by atoms with E-state index in [1.54, 1.807) is 11.6 Å². The zero-order chi connectivity index (χ0) is 19.9. The summed E-state index contributed by atoms with van der Waals surface area (Å²) >= 11 is 0. The molecule has 6 nitrogen and oxygen atoms in total. The van der Waals surface area contributed by atoms with Crippen molar-refractivity contribution in [1.29, 1.82) is 5.41 Å². The van der Waals surface area contributed by atoms with Crippen LogP contribution in [0.25, 0.3) is 11.6 Å². The molecule has 1 amide bonds. The summed E-state index contributed by atoms with van der Waals surface area (Å²) < 4.78 is 1.86. The molecule has 0 saturated carbocycles. The van der Waals surface area contributed by atoms with Crippen molar-refractivity contribution in [2.45, 2.75) is 32.1 Å². The Morgan fingerprint density at radius 3 is 2.79 bits per heavy atom. The maximum Gasteiger partial charge on any atom is 0.267 e. The second kappa shape index (κ2) is 9.10. The maximum absolute atomic E-state index is 11.1. The fourth-order valence-electron chi connectivity index (χ4n) is 3.36. The molecule has 0 saturated heterocycles. The standard InChI is InChI=1S/C22H24N4O2/c1-2-19(17-9-6-16(7-10-17)8-13-22(27)25-28)20(23)12-11-18-15-24-26-14-4-3-5-21(18)26/h3-10,13-15,19,23,28H,2,11-12H2,1H3,(H,25,27)/b13-8+,23-20?/t19-/m0/s1. The van der Waals surface area contributed by atoms with Crippen molar-refractivity contribution in [1.82, 2.24) is 15.1 Å². The van der Waals surface area contributed by atoms with Gasteiger partial charge in [0.15, 0.2) is 0 Å². The number of aryl methyl sites for hydroxylation is 1. The summed E-state index contributed by atoms with van der Waals surface area (Å²) in [6, 6.07) is 13.8. The SMILES string of the molecule is CC[C@H](C(=N)CCc1cnn2ccccc12)c1ccc(/C=C/C(=O)NO)cc1. The minimum atomic E-state index is -0.565. The molecule has 3 aromatic rings. The zero-order valence-electron chi connectivity index (χ0n) is 15.8. The molecule has 1 atom stereocenters. The van der Waals surface area contributed by atoms with Crippen LogP contribution in [-0.4, -0.2) is 26.4 Å². The lowest BCUT2D eigenvalue weighted by Crippen LogP contribution is -2.14. The average molecular weight is 376 g/mol. The Kier molecular flexibility index (Phi) is 6.34. The van der Waals surface area contributed by atoms with E-state index in [2.05, 4.69) is 12.0 Å². The van der Waals surface area contributed by atoms with Crippen molar-refractivity contribution in [2.24, 2.45) is 0 Å². The lowest BCUT2D eigenvalue weighted by molar-refractivity contribution is -0.124. The van der Waals surface area contributed by atoms with Gasteiger partial charge in [-0.2, -0.15) is 5.10 Å². The molecule has 0 aliphatic carbocycles. The van der Waals surface area contributed by atoms with Crippen molar-refractivity contribution >= 4 is 23.2 Å². The number of pyridine rings is 1. The maximum atomic E-state index is 11.1. The number of amides is 1. The largest absolute Gasteiger partial charge is 0.309 e. The van der Waals surface area contributed by atoms with Crippen LogP contribution in [0.2, 0.25) is 0 Å². The Bertz CT molecular complexity index is 989. The second-order valence-electron chi connectivity index (χ2n) is 6.66. The third-order valence-corrected chi connectivity index (χ3v) is 4.88. The van der Waals surface area contributed by atoms with Crippen LogP contribution >= 0.6 is 0 Å². The molecular weight excluding hydrogens is 352 g/mol. The number of hydrogen-bond acceptors (Lipinski definition) is 4. The van der Waals surface area contributed by atoms with E-state index in [9.17, 15) is 4.79 Å². The van der Waals surface area contributed by atoms with E-state index < -0.39 is 5.91 Å². The Morgan fingerprint density at radius 2 is 2.07 bits per heavy atom. The summed E-state index contributed by atoms with van der Waals surface area (Å²) in [7, 11) is 0. The topological polar surface area (TPSA) is 90.5 Å². The minimum absolute atomic E-state index is 0.0700. The first-order valence-electron chi connectivity index (χ1n) is 9.33. The van der Waals surface area contributed by atoms with Crippen LogP contribution in [0.3, 0.4) is 0 Å². The summed E-state index contributed by atoms with van der Waals surface area (Å²) in [6.07, 6.45) is 9.05. The van der Waals surface area contributed by atoms with Crippen LogP contribution in [0.5, 0.6) is 0 Å². The normalized spacial score (nSPS) is 12.4. The molecule has 6 heteroatoms. The Hall–Kier alpha value is -3.25. The van der Waals surface area contributed by atoms with Gasteiger partial charge in [0.1, 0.15) is 0 Å². The molecule has 144 valence electrons. The molecule has 0 aliphatic rings. The zero-order valence-corrected chi connectivity index (χ0v) is 15.8. The predicted octanol–water partition coefficient (Wildman–Crippen LogP) is 4.00. The van der Waals surface area contributed by atoms with E-state index in [-0.39, 0.29) is 5.92 Å². The highest BCUT2D eigenvalue weighted by molar-refractivity contribution is 5.91. The van der Waals surface area contributed by atoms with Crippen LogP contribution in [0.4, 0.5) is 0 Å². The van der Waals surface area contributed by atoms with Crippen LogP contribution in [0, 0.1) is 5.41 Å². The van der Waals surface area contributed by atoms with Gasteiger partial charge in [0.25, 0.3) is 5.91 Å². The lowest BCUT2D eigenvalue weighted by atomic mass is 9.88. The fourth-order valence-corrected chi connectivity index (χ4v) is 3.36. The first kappa shape index (κ1) is 19.5. The molecule has 0 bridgehead atoms. The van der Waals surface area contributed by atoms with Crippen LogP contribution < -0.4 is 5.48 Å². The first-order chi connectivity index (χ1) is 13.6. The molecule has 28 heavy (non-hydrogen) atoms. The molecule has 3 rings (SSSR count). The van der Waals surface area contributed by atoms with Crippen molar-refractivity contribution < 1.29 is 10.0 Å². The number of carbonyl (C=O) groups is 1. The number of rotatable bonds is 8. The van der Waals surface area contributed by atoms with E-state index in [0.717, 1.165) is 35.0 Å². The molecule has 2 aromatic heterocycles. The smallest absolute Gasteiger partial charge is 0.267 e. The first-order valence-corrected chi connectivity index (χ1v) is 9.33. The summed E-state index contributed by atoms with van der Waals surface area (Å²) in [6.45, 7) is 2.09. The van der Waals surface area contributed by atoms with Gasteiger partial charge >= 0.3 is 0 Å². The van der Waals surface area contributed by atoms with Crippen molar-refractivity contribution in [3.63, 3.8) is 0 Å². The van der Waals surface area contributed by atoms with Gasteiger partial charge in [-0.3, -0.25) is 10.0 Å². The number of benzene rings is 1. The number of hydroxylamine groups is 1. The van der Waals surface area contributed by atoms with Crippen molar-refractivity contribution in [2.75, 3.05) is 0 Å². The molecule has 0 radical (unpaired) electrons. The molecule has 0 aliphatic heterocycles. The number of hydrogen-bond donors (Lipinski definition) is 3. The highest BCUT2D eigenvalue weighted by Gasteiger charge is 2.16. The Morgan fingerprint density at radius 1 is 1.29 bits per heavy atom. The minimum Gasteiger partial charge on any atom is -0.309 e. The number of nitrogens with one attached hydrogen (secondary N) is 2. The van der Waals surface area contributed by atoms with E-state index in [1.807, 2.05) is 59.4 Å². The molecular formula is C22H24N4O2. The van der Waals surface area contributed by atoms with Gasteiger partial charge in [0.05, 0.1) is 11.7 Å². The van der Waals surface area contributed by atoms with E-state index in [1.165, 1.54) is 6.08 Å². The van der Waals surface area contributed by atoms with E-state index in [0.29, 0.717) is 12.1 Å². The van der Waals surface area contributed by atoms with Crippen LogP contribution in [0.1, 0.15) is 42.4 Å². The van der Waals surface area contributed by atoms with Crippen LogP contribution in [0.15, 0.2) is 60.9 Å². The molecule has 1 aromatic carbocycles. The average Bonchev–Trinajstić information content (AvgIpc) is 3.15. The summed E-state index contributed by atoms with van der Waals surface area (Å²) in [5.74, 6) is -0.495. The van der Waals surface area contributed by atoms with Gasteiger partial charge in [-0.15, -0.1) is 0 Å². The lowest BCUT2D eigenvalue weighted by Gasteiger charge is -2.17.